The van der Waals surface area contributed by atoms with Gasteiger partial charge in [0.15, 0.2) is 0 Å². The van der Waals surface area contributed by atoms with Crippen LogP contribution in [0.25, 0.3) is 0 Å². The molecule has 0 fully saturated rings. The maximum atomic E-state index is 12.9. The molecule has 0 atom stereocenters. The quantitative estimate of drug-likeness (QED) is 0.930. The standard InChI is InChI=1S/C15H17FN4/c1-10(2)9-20-15(18)13(8-17)14(19-20)7-11-3-5-12(16)6-4-11/h3-6,10H,7,9,18H2,1-2H3. The van der Waals surface area contributed by atoms with Crippen LogP contribution in [0.5, 0.6) is 0 Å². The van der Waals surface area contributed by atoms with Crippen LogP contribution in [0, 0.1) is 23.1 Å². The molecule has 0 aliphatic carbocycles. The topological polar surface area (TPSA) is 67.6 Å². The average molecular weight is 272 g/mol. The lowest BCUT2D eigenvalue weighted by Crippen LogP contribution is -2.09. The SMILES string of the molecule is CC(C)Cn1nc(Cc2ccc(F)cc2)c(C#N)c1N. The fraction of sp³-hybridized carbons (Fsp3) is 0.333. The van der Waals surface area contributed by atoms with Crippen LogP contribution in [-0.4, -0.2) is 9.78 Å². The van der Waals surface area contributed by atoms with Crippen LogP contribution in [0.15, 0.2) is 24.3 Å². The number of hydrogen-bond donors (Lipinski definition) is 1. The lowest BCUT2D eigenvalue weighted by molar-refractivity contribution is 0.485. The van der Waals surface area contributed by atoms with E-state index in [2.05, 4.69) is 25.0 Å². The van der Waals surface area contributed by atoms with Gasteiger partial charge in [-0.3, -0.25) is 0 Å². The zero-order valence-corrected chi connectivity index (χ0v) is 11.6. The maximum Gasteiger partial charge on any atom is 0.140 e. The average Bonchev–Trinajstić information content (AvgIpc) is 2.67. The second-order valence-corrected chi connectivity index (χ2v) is 5.20. The van der Waals surface area contributed by atoms with E-state index in [0.717, 1.165) is 5.56 Å². The van der Waals surface area contributed by atoms with E-state index < -0.39 is 0 Å². The molecular weight excluding hydrogens is 255 g/mol. The van der Waals surface area contributed by atoms with Gasteiger partial charge in [0.1, 0.15) is 23.3 Å². The molecule has 0 unspecified atom stereocenters. The van der Waals surface area contributed by atoms with E-state index in [1.165, 1.54) is 12.1 Å². The highest BCUT2D eigenvalue weighted by Gasteiger charge is 2.16. The van der Waals surface area contributed by atoms with Crippen molar-refractivity contribution in [3.8, 4) is 6.07 Å². The van der Waals surface area contributed by atoms with Crippen molar-refractivity contribution < 1.29 is 4.39 Å². The molecule has 5 heteroatoms. The molecule has 0 saturated carbocycles. The summed E-state index contributed by atoms with van der Waals surface area (Å²) < 4.78 is 14.6. The number of anilines is 1. The number of nitriles is 1. The second-order valence-electron chi connectivity index (χ2n) is 5.20. The van der Waals surface area contributed by atoms with Crippen molar-refractivity contribution in [1.82, 2.24) is 9.78 Å². The third-order valence-corrected chi connectivity index (χ3v) is 3.00. The first-order chi connectivity index (χ1) is 9.51. The summed E-state index contributed by atoms with van der Waals surface area (Å²) in [6.45, 7) is 4.80. The lowest BCUT2D eigenvalue weighted by atomic mass is 10.1. The number of halogens is 1. The Morgan fingerprint density at radius 2 is 2.00 bits per heavy atom. The number of nitrogens with two attached hydrogens (primary N) is 1. The van der Waals surface area contributed by atoms with Gasteiger partial charge in [-0.1, -0.05) is 26.0 Å². The predicted molar refractivity (Wildman–Crippen MR) is 75.4 cm³/mol. The Morgan fingerprint density at radius 3 is 2.55 bits per heavy atom. The minimum absolute atomic E-state index is 0.279. The molecule has 4 nitrogen and oxygen atoms in total. The van der Waals surface area contributed by atoms with E-state index >= 15 is 0 Å². The van der Waals surface area contributed by atoms with Crippen LogP contribution in [0.4, 0.5) is 10.2 Å². The Hall–Kier alpha value is -2.35. The zero-order valence-electron chi connectivity index (χ0n) is 11.6. The normalized spacial score (nSPS) is 10.8. The summed E-state index contributed by atoms with van der Waals surface area (Å²) in [7, 11) is 0. The Labute approximate surface area is 117 Å². The molecule has 0 aliphatic heterocycles. The molecular formula is C15H17FN4. The molecule has 0 aliphatic rings. The molecule has 104 valence electrons. The second kappa shape index (κ2) is 5.74. The minimum Gasteiger partial charge on any atom is -0.383 e. The first-order valence-corrected chi connectivity index (χ1v) is 6.51. The van der Waals surface area contributed by atoms with E-state index in [0.29, 0.717) is 36.0 Å². The minimum atomic E-state index is -0.279. The van der Waals surface area contributed by atoms with Crippen molar-refractivity contribution >= 4 is 5.82 Å². The van der Waals surface area contributed by atoms with Gasteiger partial charge in [-0.25, -0.2) is 9.07 Å². The van der Waals surface area contributed by atoms with Crippen molar-refractivity contribution in [3.63, 3.8) is 0 Å². The van der Waals surface area contributed by atoms with E-state index in [4.69, 9.17) is 5.73 Å². The first kappa shape index (κ1) is 14.1. The van der Waals surface area contributed by atoms with E-state index in [-0.39, 0.29) is 5.82 Å². The van der Waals surface area contributed by atoms with Gasteiger partial charge >= 0.3 is 0 Å². The van der Waals surface area contributed by atoms with Gasteiger partial charge in [0.05, 0.1) is 5.69 Å². The number of rotatable bonds is 4. The molecule has 2 N–H and O–H groups in total. The van der Waals surface area contributed by atoms with Gasteiger partial charge in [-0.05, 0) is 23.6 Å². The highest BCUT2D eigenvalue weighted by Crippen LogP contribution is 2.20. The fourth-order valence-electron chi connectivity index (χ4n) is 2.05. The molecule has 1 heterocycles. The van der Waals surface area contributed by atoms with Crippen LogP contribution in [0.2, 0.25) is 0 Å². The number of benzene rings is 1. The monoisotopic (exact) mass is 272 g/mol. The number of aromatic nitrogens is 2. The zero-order chi connectivity index (χ0) is 14.7. The van der Waals surface area contributed by atoms with Gasteiger partial charge in [0.2, 0.25) is 0 Å². The van der Waals surface area contributed by atoms with Crippen molar-refractivity contribution in [2.75, 3.05) is 5.73 Å². The third kappa shape index (κ3) is 2.97. The summed E-state index contributed by atoms with van der Waals surface area (Å²) >= 11 is 0. The molecule has 0 saturated heterocycles. The summed E-state index contributed by atoms with van der Waals surface area (Å²) in [5.74, 6) is 0.514. The molecule has 20 heavy (non-hydrogen) atoms. The largest absolute Gasteiger partial charge is 0.383 e. The van der Waals surface area contributed by atoms with Crippen LogP contribution < -0.4 is 5.73 Å². The van der Waals surface area contributed by atoms with E-state index in [1.54, 1.807) is 16.8 Å². The van der Waals surface area contributed by atoms with Crippen LogP contribution >= 0.6 is 0 Å². The number of nitrogen functional groups attached to an aromatic ring is 1. The summed E-state index contributed by atoms with van der Waals surface area (Å²) in [5, 5.41) is 13.6. The molecule has 2 rings (SSSR count). The molecule has 1 aromatic heterocycles. The number of hydrogen-bond acceptors (Lipinski definition) is 3. The highest BCUT2D eigenvalue weighted by atomic mass is 19.1. The van der Waals surface area contributed by atoms with Gasteiger partial charge < -0.3 is 5.73 Å². The van der Waals surface area contributed by atoms with Gasteiger partial charge in [0, 0.05) is 13.0 Å². The Morgan fingerprint density at radius 1 is 1.35 bits per heavy atom. The Balaban J connectivity index is 2.31. The van der Waals surface area contributed by atoms with Crippen molar-refractivity contribution in [2.24, 2.45) is 5.92 Å². The van der Waals surface area contributed by atoms with E-state index in [1.807, 2.05) is 0 Å². The summed E-state index contributed by atoms with van der Waals surface area (Å²) in [4.78, 5) is 0. The van der Waals surface area contributed by atoms with Crippen LogP contribution in [0.3, 0.4) is 0 Å². The molecule has 2 aromatic rings. The van der Waals surface area contributed by atoms with Crippen molar-refractivity contribution in [1.29, 1.82) is 5.26 Å². The summed E-state index contributed by atoms with van der Waals surface area (Å²) in [6.07, 6.45) is 0.471. The smallest absolute Gasteiger partial charge is 0.140 e. The molecule has 0 bridgehead atoms. The maximum absolute atomic E-state index is 12.9. The third-order valence-electron chi connectivity index (χ3n) is 3.00. The van der Waals surface area contributed by atoms with E-state index in [9.17, 15) is 9.65 Å². The molecule has 0 spiro atoms. The van der Waals surface area contributed by atoms with Crippen molar-refractivity contribution in [2.45, 2.75) is 26.8 Å². The highest BCUT2D eigenvalue weighted by molar-refractivity contribution is 5.53. The van der Waals surface area contributed by atoms with Gasteiger partial charge in [-0.2, -0.15) is 10.4 Å². The fourth-order valence-corrected chi connectivity index (χ4v) is 2.05. The molecule has 0 amide bonds. The first-order valence-electron chi connectivity index (χ1n) is 6.51. The lowest BCUT2D eigenvalue weighted by Gasteiger charge is -2.06. The molecule has 0 radical (unpaired) electrons. The van der Waals surface area contributed by atoms with Gasteiger partial charge in [0.25, 0.3) is 0 Å². The Bertz CT molecular complexity index is 635. The predicted octanol–water partition coefficient (Wildman–Crippen LogP) is 2.72. The van der Waals surface area contributed by atoms with Crippen molar-refractivity contribution in [3.05, 3.63) is 46.9 Å². The van der Waals surface area contributed by atoms with Crippen LogP contribution in [-0.2, 0) is 13.0 Å². The van der Waals surface area contributed by atoms with Gasteiger partial charge in [-0.15, -0.1) is 0 Å². The summed E-state index contributed by atoms with van der Waals surface area (Å²) in [6, 6.07) is 8.28. The Kier molecular flexibility index (Phi) is 4.04. The molecule has 1 aromatic carbocycles. The van der Waals surface area contributed by atoms with Crippen LogP contribution in [0.1, 0.15) is 30.7 Å². The number of nitrogens with zero attached hydrogens (tertiary/aromatic N) is 3. The summed E-state index contributed by atoms with van der Waals surface area (Å²) in [5.41, 5.74) is 7.91.